The number of hydrogen-bond donors (Lipinski definition) is 1. The molecule has 0 aliphatic carbocycles. The van der Waals surface area contributed by atoms with Crippen molar-refractivity contribution in [1.82, 2.24) is 0 Å². The number of aryl methyl sites for hydroxylation is 1. The minimum absolute atomic E-state index is 0.0113. The van der Waals surface area contributed by atoms with E-state index < -0.39 is 47.1 Å². The van der Waals surface area contributed by atoms with E-state index in [2.05, 4.69) is 56.1 Å². The fourth-order valence-electron chi connectivity index (χ4n) is 9.58. The van der Waals surface area contributed by atoms with Crippen LogP contribution >= 0.6 is 0 Å². The number of carbonyl (C=O) groups excluding carboxylic acids is 2. The van der Waals surface area contributed by atoms with Crippen LogP contribution in [-0.4, -0.2) is 18.1 Å². The lowest BCUT2D eigenvalue weighted by molar-refractivity contribution is -0.138. The van der Waals surface area contributed by atoms with Gasteiger partial charge in [-0.1, -0.05) is 96.1 Å². The van der Waals surface area contributed by atoms with E-state index in [1.807, 2.05) is 50.2 Å². The molecule has 73 heavy (non-hydrogen) atoms. The molecule has 0 fully saturated rings. The van der Waals surface area contributed by atoms with Crippen molar-refractivity contribution in [2.24, 2.45) is 17.8 Å². The number of anilines is 3. The summed E-state index contributed by atoms with van der Waals surface area (Å²) in [7, 11) is 0. The molecule has 3 unspecified atom stereocenters. The largest absolute Gasteiger partial charge is 0.416 e. The van der Waals surface area contributed by atoms with Crippen LogP contribution in [-0.2, 0) is 28.4 Å². The van der Waals surface area contributed by atoms with Gasteiger partial charge in [-0.05, 0) is 181 Å². The van der Waals surface area contributed by atoms with Gasteiger partial charge in [-0.15, -0.1) is 0 Å². The first kappa shape index (κ1) is 56.0. The standard InChI is InChI=1S/C32H36F5NO.C29H30F3NO/c1-19(2)6-11-31(25-14-27(33)18-28(34)15-25)38-29-16-23(22-7-9-26(10-8-22)32(35,36)37)13-24(17-29)30(21(5)39)12-20(3)4;1-19(2)15-27(20(3)34)24-16-23(21-10-12-25(13-11-21)29(30,31)32)17-26(18-24)33-14-6-8-22-7-4-5-9-28(22)33/h7-10,13-20,30-31,38H,6,11-12H2,1-5H3;4-5,7,9-13,16-19,27H,6,8,14-15H2,1-3H3. The smallest absolute Gasteiger partial charge is 0.378 e. The third-order valence-electron chi connectivity index (χ3n) is 13.3. The molecular weight excluding hydrogens is 945 g/mol. The molecule has 1 heterocycles. The van der Waals surface area contributed by atoms with E-state index in [1.165, 1.54) is 48.9 Å². The van der Waals surface area contributed by atoms with Crippen molar-refractivity contribution in [3.05, 3.63) is 172 Å². The summed E-state index contributed by atoms with van der Waals surface area (Å²) in [6.07, 6.45) is -4.07. The number of para-hydroxylation sites is 1. The van der Waals surface area contributed by atoms with Crippen LogP contribution in [0.25, 0.3) is 22.3 Å². The Morgan fingerprint density at radius 3 is 1.52 bits per heavy atom. The highest BCUT2D eigenvalue weighted by molar-refractivity contribution is 5.86. The van der Waals surface area contributed by atoms with Crippen LogP contribution in [0.1, 0.15) is 139 Å². The Morgan fingerprint density at radius 1 is 0.548 bits per heavy atom. The minimum Gasteiger partial charge on any atom is -0.378 e. The van der Waals surface area contributed by atoms with Crippen LogP contribution in [0.5, 0.6) is 0 Å². The molecule has 0 saturated carbocycles. The number of benzene rings is 6. The first-order chi connectivity index (χ1) is 34.4. The fraction of sp³-hybridized carbons (Fsp3) is 0.377. The zero-order valence-corrected chi connectivity index (χ0v) is 42.8. The quantitative estimate of drug-likeness (QED) is 0.0925. The number of halogens is 8. The lowest BCUT2D eigenvalue weighted by atomic mass is 9.85. The van der Waals surface area contributed by atoms with E-state index in [-0.39, 0.29) is 23.4 Å². The van der Waals surface area contributed by atoms with Crippen molar-refractivity contribution in [2.75, 3.05) is 16.8 Å². The Kier molecular flexibility index (Phi) is 18.5. The average molecular weight is 1010 g/mol. The molecular formula is C61H66F8N2O2. The molecule has 1 aliphatic heterocycles. The molecule has 0 saturated heterocycles. The van der Waals surface area contributed by atoms with Gasteiger partial charge in [-0.25, -0.2) is 8.78 Å². The Morgan fingerprint density at radius 2 is 1.04 bits per heavy atom. The highest BCUT2D eigenvalue weighted by atomic mass is 19.4. The fourth-order valence-corrected chi connectivity index (χ4v) is 9.58. The summed E-state index contributed by atoms with van der Waals surface area (Å²) in [5.74, 6) is -0.986. The van der Waals surface area contributed by atoms with Gasteiger partial charge in [0.2, 0.25) is 0 Å². The zero-order chi connectivity index (χ0) is 53.4. The number of fused-ring (bicyclic) bond motifs is 1. The number of rotatable bonds is 17. The highest BCUT2D eigenvalue weighted by Crippen LogP contribution is 2.41. The molecule has 388 valence electrons. The second-order valence-electron chi connectivity index (χ2n) is 20.6. The average Bonchev–Trinajstić information content (AvgIpc) is 3.32. The summed E-state index contributed by atoms with van der Waals surface area (Å²) in [5.41, 5.74) is 7.44. The molecule has 1 N–H and O–H groups in total. The predicted molar refractivity (Wildman–Crippen MR) is 278 cm³/mol. The molecule has 0 aromatic heterocycles. The molecule has 0 radical (unpaired) electrons. The van der Waals surface area contributed by atoms with E-state index >= 15 is 0 Å². The molecule has 7 rings (SSSR count). The normalized spacial score (nSPS) is 14.1. The molecule has 4 nitrogen and oxygen atoms in total. The summed E-state index contributed by atoms with van der Waals surface area (Å²) in [4.78, 5) is 27.6. The molecule has 6 aromatic carbocycles. The lowest BCUT2D eigenvalue weighted by Crippen LogP contribution is -2.24. The second-order valence-corrected chi connectivity index (χ2v) is 20.6. The lowest BCUT2D eigenvalue weighted by Gasteiger charge is -2.32. The van der Waals surface area contributed by atoms with Crippen molar-refractivity contribution in [2.45, 2.75) is 124 Å². The van der Waals surface area contributed by atoms with Gasteiger partial charge in [0, 0.05) is 41.5 Å². The van der Waals surface area contributed by atoms with Crippen molar-refractivity contribution in [3.63, 3.8) is 0 Å². The number of Topliss-reactive ketones (excluding diaryl/α,β-unsaturated/α-hetero) is 2. The Labute approximate surface area is 425 Å². The van der Waals surface area contributed by atoms with Gasteiger partial charge in [0.25, 0.3) is 0 Å². The first-order valence-electron chi connectivity index (χ1n) is 25.1. The second kappa shape index (κ2) is 24.2. The van der Waals surface area contributed by atoms with Gasteiger partial charge in [0.05, 0.1) is 17.2 Å². The van der Waals surface area contributed by atoms with Gasteiger partial charge in [-0.3, -0.25) is 9.59 Å². The zero-order valence-electron chi connectivity index (χ0n) is 42.8. The van der Waals surface area contributed by atoms with E-state index in [0.717, 1.165) is 90.6 Å². The Hall–Kier alpha value is -6.30. The number of nitrogens with zero attached hydrogens (tertiary/aromatic N) is 1. The van der Waals surface area contributed by atoms with Crippen LogP contribution in [0.2, 0.25) is 0 Å². The van der Waals surface area contributed by atoms with Crippen molar-refractivity contribution in [3.8, 4) is 22.3 Å². The predicted octanol–water partition coefficient (Wildman–Crippen LogP) is 18.1. The molecule has 0 bridgehead atoms. The Bertz CT molecular complexity index is 2790. The summed E-state index contributed by atoms with van der Waals surface area (Å²) >= 11 is 0. The van der Waals surface area contributed by atoms with Crippen LogP contribution < -0.4 is 10.2 Å². The summed E-state index contributed by atoms with van der Waals surface area (Å²) in [5, 5.41) is 3.41. The maximum Gasteiger partial charge on any atom is 0.416 e. The SMILES string of the molecule is CC(=O)C(CC(C)C)c1cc(-c2ccc(C(F)(F)F)cc2)cc(N2CCCc3ccccc32)c1.CC(=O)C(CC(C)C)c1cc(NC(CCC(C)C)c2cc(F)cc(F)c2)cc(-c2ccc(C(F)(F)F)cc2)c1. The van der Waals surface area contributed by atoms with Crippen molar-refractivity contribution >= 4 is 28.6 Å². The number of hydrogen-bond acceptors (Lipinski definition) is 4. The maximum absolute atomic E-state index is 14.1. The van der Waals surface area contributed by atoms with E-state index in [0.29, 0.717) is 52.6 Å². The monoisotopic (exact) mass is 1010 g/mol. The van der Waals surface area contributed by atoms with Gasteiger partial charge >= 0.3 is 12.4 Å². The number of carbonyl (C=O) groups is 2. The molecule has 6 aromatic rings. The van der Waals surface area contributed by atoms with Crippen molar-refractivity contribution in [1.29, 1.82) is 0 Å². The molecule has 0 amide bonds. The highest BCUT2D eigenvalue weighted by Gasteiger charge is 2.32. The number of ketones is 2. The van der Waals surface area contributed by atoms with E-state index in [4.69, 9.17) is 0 Å². The summed E-state index contributed by atoms with van der Waals surface area (Å²) in [6.45, 7) is 16.4. The van der Waals surface area contributed by atoms with Crippen LogP contribution in [0.3, 0.4) is 0 Å². The third-order valence-corrected chi connectivity index (χ3v) is 13.3. The molecule has 12 heteroatoms. The maximum atomic E-state index is 14.1. The van der Waals surface area contributed by atoms with Crippen LogP contribution in [0.15, 0.2) is 127 Å². The molecule has 0 spiro atoms. The number of nitrogens with one attached hydrogen (secondary N) is 1. The van der Waals surface area contributed by atoms with Gasteiger partial charge < -0.3 is 10.2 Å². The molecule has 3 atom stereocenters. The topological polar surface area (TPSA) is 49.4 Å². The Balaban J connectivity index is 0.000000240. The van der Waals surface area contributed by atoms with Crippen LogP contribution in [0.4, 0.5) is 52.2 Å². The van der Waals surface area contributed by atoms with E-state index in [1.54, 1.807) is 13.0 Å². The molecule has 1 aliphatic rings. The van der Waals surface area contributed by atoms with Gasteiger partial charge in [0.15, 0.2) is 0 Å². The van der Waals surface area contributed by atoms with Gasteiger partial charge in [-0.2, -0.15) is 26.3 Å². The number of alkyl halides is 6. The van der Waals surface area contributed by atoms with Crippen LogP contribution in [0, 0.1) is 29.4 Å². The van der Waals surface area contributed by atoms with Gasteiger partial charge in [0.1, 0.15) is 23.2 Å². The minimum atomic E-state index is -4.45. The first-order valence-corrected chi connectivity index (χ1v) is 25.1. The summed E-state index contributed by atoms with van der Waals surface area (Å²) in [6, 6.07) is 33.1. The third kappa shape index (κ3) is 15.4. The van der Waals surface area contributed by atoms with Crippen molar-refractivity contribution < 1.29 is 44.7 Å². The summed E-state index contributed by atoms with van der Waals surface area (Å²) < 4.78 is 107. The van der Waals surface area contributed by atoms with E-state index in [9.17, 15) is 44.7 Å².